The largest absolute Gasteiger partial charge is 0.433 e. The Kier molecular flexibility index (Phi) is 4.48. The van der Waals surface area contributed by atoms with E-state index in [0.717, 1.165) is 23.6 Å². The summed E-state index contributed by atoms with van der Waals surface area (Å²) in [4.78, 5) is 11.5. The molecule has 6 nitrogen and oxygen atoms in total. The van der Waals surface area contributed by atoms with Crippen LogP contribution in [0.3, 0.4) is 0 Å². The van der Waals surface area contributed by atoms with Gasteiger partial charge in [-0.3, -0.25) is 9.97 Å². The quantitative estimate of drug-likeness (QED) is 0.537. The summed E-state index contributed by atoms with van der Waals surface area (Å²) in [5.41, 5.74) is 1.48. The van der Waals surface area contributed by atoms with Gasteiger partial charge >= 0.3 is 6.18 Å². The Balaban J connectivity index is 1.55. The van der Waals surface area contributed by atoms with Crippen LogP contribution in [0.1, 0.15) is 5.69 Å². The number of nitrogens with one attached hydrogen (secondary N) is 1. The van der Waals surface area contributed by atoms with Crippen LogP contribution in [-0.4, -0.2) is 20.1 Å². The van der Waals surface area contributed by atoms with Gasteiger partial charge in [-0.25, -0.2) is 0 Å². The van der Waals surface area contributed by atoms with Crippen molar-refractivity contribution in [1.29, 1.82) is 0 Å². The van der Waals surface area contributed by atoms with Crippen LogP contribution in [0.5, 0.6) is 0 Å². The fourth-order valence-electron chi connectivity index (χ4n) is 2.48. The summed E-state index contributed by atoms with van der Waals surface area (Å²) in [5, 5.41) is 6.96. The molecule has 140 valence electrons. The second-order valence-corrected chi connectivity index (χ2v) is 5.79. The van der Waals surface area contributed by atoms with Gasteiger partial charge in [0.05, 0.1) is 11.9 Å². The van der Waals surface area contributed by atoms with Gasteiger partial charge in [0.2, 0.25) is 5.82 Å². The van der Waals surface area contributed by atoms with Gasteiger partial charge in [0.15, 0.2) is 0 Å². The molecule has 0 amide bonds. The highest BCUT2D eigenvalue weighted by molar-refractivity contribution is 5.65. The van der Waals surface area contributed by atoms with Crippen molar-refractivity contribution in [3.05, 3.63) is 72.8 Å². The summed E-state index contributed by atoms with van der Waals surface area (Å²) in [7, 11) is 0. The summed E-state index contributed by atoms with van der Waals surface area (Å²) in [5.74, 6) is 0.258. The minimum absolute atomic E-state index is 0.0560. The third-order valence-corrected chi connectivity index (χ3v) is 3.82. The molecule has 1 aromatic carbocycles. The van der Waals surface area contributed by atoms with E-state index in [4.69, 9.17) is 4.52 Å². The fourth-order valence-corrected chi connectivity index (χ4v) is 2.48. The number of alkyl halides is 3. The third kappa shape index (κ3) is 3.83. The molecule has 0 fully saturated rings. The predicted molar refractivity (Wildman–Crippen MR) is 95.5 cm³/mol. The number of benzene rings is 1. The van der Waals surface area contributed by atoms with E-state index < -0.39 is 11.9 Å². The first kappa shape index (κ1) is 17.7. The van der Waals surface area contributed by atoms with Gasteiger partial charge in [-0.2, -0.15) is 18.2 Å². The summed E-state index contributed by atoms with van der Waals surface area (Å²) >= 11 is 0. The molecule has 0 radical (unpaired) electrons. The molecule has 4 aromatic rings. The number of nitrogens with zero attached hydrogens (tertiary/aromatic N) is 4. The molecule has 0 aliphatic rings. The van der Waals surface area contributed by atoms with E-state index in [1.165, 1.54) is 6.07 Å². The van der Waals surface area contributed by atoms with E-state index >= 15 is 0 Å². The summed E-state index contributed by atoms with van der Waals surface area (Å²) in [6.45, 7) is 0. The van der Waals surface area contributed by atoms with Crippen molar-refractivity contribution < 1.29 is 17.7 Å². The van der Waals surface area contributed by atoms with Gasteiger partial charge in [-0.1, -0.05) is 5.16 Å². The number of hydrogen-bond acceptors (Lipinski definition) is 6. The Hall–Kier alpha value is -3.75. The molecule has 0 saturated carbocycles. The molecule has 0 unspecified atom stereocenters. The summed E-state index contributed by atoms with van der Waals surface area (Å²) in [6.07, 6.45) is -0.100. The smallest absolute Gasteiger partial charge is 0.354 e. The molecule has 0 spiro atoms. The monoisotopic (exact) mass is 383 g/mol. The molecule has 9 heteroatoms. The highest BCUT2D eigenvalue weighted by Crippen LogP contribution is 2.30. The van der Waals surface area contributed by atoms with E-state index in [1.54, 1.807) is 24.5 Å². The molecule has 0 atom stereocenters. The van der Waals surface area contributed by atoms with Crippen molar-refractivity contribution in [3.8, 4) is 22.8 Å². The van der Waals surface area contributed by atoms with Crippen LogP contribution >= 0.6 is 0 Å². The lowest BCUT2D eigenvalue weighted by atomic mass is 10.2. The van der Waals surface area contributed by atoms with Gasteiger partial charge in [0.25, 0.3) is 5.89 Å². The van der Waals surface area contributed by atoms with Crippen molar-refractivity contribution in [2.24, 2.45) is 0 Å². The van der Waals surface area contributed by atoms with Gasteiger partial charge < -0.3 is 9.84 Å². The third-order valence-electron chi connectivity index (χ3n) is 3.82. The summed E-state index contributed by atoms with van der Waals surface area (Å²) < 4.78 is 43.6. The Bertz CT molecular complexity index is 1080. The van der Waals surface area contributed by atoms with Crippen molar-refractivity contribution in [2.45, 2.75) is 6.18 Å². The first-order valence-electron chi connectivity index (χ1n) is 8.14. The minimum atomic E-state index is -4.54. The molecule has 0 saturated heterocycles. The van der Waals surface area contributed by atoms with Crippen molar-refractivity contribution in [2.75, 3.05) is 5.32 Å². The fraction of sp³-hybridized carbons (Fsp3) is 0.0526. The van der Waals surface area contributed by atoms with E-state index in [9.17, 15) is 13.2 Å². The van der Waals surface area contributed by atoms with Gasteiger partial charge in [0, 0.05) is 29.2 Å². The lowest BCUT2D eigenvalue weighted by Gasteiger charge is -2.05. The van der Waals surface area contributed by atoms with Gasteiger partial charge in [-0.05, 0) is 48.5 Å². The maximum absolute atomic E-state index is 12.8. The number of halogens is 3. The van der Waals surface area contributed by atoms with Crippen LogP contribution in [0.15, 0.2) is 71.6 Å². The Labute approximate surface area is 157 Å². The molecule has 0 aliphatic carbocycles. The number of rotatable bonds is 4. The Morgan fingerprint density at radius 1 is 0.893 bits per heavy atom. The second kappa shape index (κ2) is 7.10. The first-order chi connectivity index (χ1) is 13.5. The SMILES string of the molecule is FC(F)(F)c1cc(-c2noc(-c3ccc(Nc4cccnc4)cc3)n2)ccn1. The average molecular weight is 383 g/mol. The highest BCUT2D eigenvalue weighted by atomic mass is 19.4. The maximum atomic E-state index is 12.8. The molecule has 0 aliphatic heterocycles. The van der Waals surface area contributed by atoms with Gasteiger partial charge in [-0.15, -0.1) is 0 Å². The standard InChI is InChI=1S/C19H12F3N5O/c20-19(21,22)16-10-13(7-9-24-16)17-26-18(28-27-17)12-3-5-14(6-4-12)25-15-2-1-8-23-11-15/h1-11,25H. The van der Waals surface area contributed by atoms with E-state index in [0.29, 0.717) is 5.56 Å². The van der Waals surface area contributed by atoms with Crippen molar-refractivity contribution >= 4 is 11.4 Å². The van der Waals surface area contributed by atoms with E-state index in [-0.39, 0.29) is 17.3 Å². The Morgan fingerprint density at radius 3 is 2.43 bits per heavy atom. The van der Waals surface area contributed by atoms with Crippen LogP contribution in [-0.2, 0) is 6.18 Å². The predicted octanol–water partition coefficient (Wildman–Crippen LogP) is 4.96. The van der Waals surface area contributed by atoms with Crippen molar-refractivity contribution in [3.63, 3.8) is 0 Å². The zero-order chi connectivity index (χ0) is 19.6. The van der Waals surface area contributed by atoms with Crippen molar-refractivity contribution in [1.82, 2.24) is 20.1 Å². The lowest BCUT2D eigenvalue weighted by Crippen LogP contribution is -2.07. The van der Waals surface area contributed by atoms with Crippen LogP contribution in [0.25, 0.3) is 22.8 Å². The number of pyridine rings is 2. The molecule has 0 bridgehead atoms. The molecular formula is C19H12F3N5O. The summed E-state index contributed by atoms with van der Waals surface area (Å²) in [6, 6.07) is 13.2. The highest BCUT2D eigenvalue weighted by Gasteiger charge is 2.32. The zero-order valence-electron chi connectivity index (χ0n) is 14.2. The number of hydrogen-bond donors (Lipinski definition) is 1. The van der Waals surface area contributed by atoms with Crippen LogP contribution in [0.2, 0.25) is 0 Å². The Morgan fingerprint density at radius 2 is 1.71 bits per heavy atom. The topological polar surface area (TPSA) is 76.7 Å². The zero-order valence-corrected chi connectivity index (χ0v) is 14.2. The van der Waals surface area contributed by atoms with E-state index in [1.807, 2.05) is 24.3 Å². The van der Waals surface area contributed by atoms with Crippen LogP contribution in [0.4, 0.5) is 24.5 Å². The van der Waals surface area contributed by atoms with Crippen LogP contribution in [0, 0.1) is 0 Å². The molecule has 4 rings (SSSR count). The van der Waals surface area contributed by atoms with Gasteiger partial charge in [0.1, 0.15) is 5.69 Å². The molecule has 3 aromatic heterocycles. The molecule has 28 heavy (non-hydrogen) atoms. The normalized spacial score (nSPS) is 11.4. The molecule has 3 heterocycles. The first-order valence-corrected chi connectivity index (χ1v) is 8.14. The minimum Gasteiger partial charge on any atom is -0.354 e. The maximum Gasteiger partial charge on any atom is 0.433 e. The molecule has 1 N–H and O–H groups in total. The van der Waals surface area contributed by atoms with E-state index in [2.05, 4.69) is 25.4 Å². The second-order valence-electron chi connectivity index (χ2n) is 5.79. The molecular weight excluding hydrogens is 371 g/mol. The lowest BCUT2D eigenvalue weighted by molar-refractivity contribution is -0.141. The van der Waals surface area contributed by atoms with Crippen LogP contribution < -0.4 is 5.32 Å². The average Bonchev–Trinajstić information content (AvgIpc) is 3.19. The number of aromatic nitrogens is 4. The number of anilines is 2.